The Labute approximate surface area is 468 Å². The Kier molecular flexibility index (Phi) is 63.8. The maximum absolute atomic E-state index is 12.4. The largest absolute Gasteiger partial charge is 0.462 e. The van der Waals surface area contributed by atoms with E-state index in [-0.39, 0.29) is 25.2 Å². The molecule has 0 aromatic rings. The number of aliphatic hydroxyl groups excluding tert-OH is 1. The smallest absolute Gasteiger partial charge is 0.306 e. The van der Waals surface area contributed by atoms with Gasteiger partial charge in [-0.25, -0.2) is 0 Å². The van der Waals surface area contributed by atoms with Crippen LogP contribution < -0.4 is 0 Å². The van der Waals surface area contributed by atoms with Crippen LogP contribution in [-0.4, -0.2) is 36.4 Å². The molecule has 75 heavy (non-hydrogen) atoms. The van der Waals surface area contributed by atoms with Gasteiger partial charge in [-0.05, 0) is 57.8 Å². The fourth-order valence-corrected chi connectivity index (χ4v) is 10.1. The van der Waals surface area contributed by atoms with E-state index < -0.39 is 6.10 Å². The second-order valence-corrected chi connectivity index (χ2v) is 22.5. The molecule has 1 N–H and O–H groups in total. The molecule has 0 saturated carbocycles. The number of esters is 2. The van der Waals surface area contributed by atoms with Gasteiger partial charge in [0.25, 0.3) is 0 Å². The lowest BCUT2D eigenvalue weighted by atomic mass is 10.0. The van der Waals surface area contributed by atoms with Crippen LogP contribution in [0.2, 0.25) is 0 Å². The van der Waals surface area contributed by atoms with Crippen molar-refractivity contribution in [2.24, 2.45) is 0 Å². The number of carbonyl (C=O) groups is 2. The molecule has 0 bridgehead atoms. The van der Waals surface area contributed by atoms with Crippen LogP contribution in [0.3, 0.4) is 0 Å². The molecule has 0 aliphatic rings. The van der Waals surface area contributed by atoms with E-state index in [0.717, 1.165) is 64.2 Å². The van der Waals surface area contributed by atoms with Crippen molar-refractivity contribution in [3.8, 4) is 0 Å². The van der Waals surface area contributed by atoms with E-state index in [4.69, 9.17) is 9.47 Å². The molecular formula is C70H128O5. The molecule has 0 heterocycles. The Morgan fingerprint density at radius 1 is 0.320 bits per heavy atom. The minimum absolute atomic E-state index is 0.0610. The highest BCUT2D eigenvalue weighted by molar-refractivity contribution is 5.70. The van der Waals surface area contributed by atoms with Crippen molar-refractivity contribution < 1.29 is 24.2 Å². The minimum Gasteiger partial charge on any atom is -0.462 e. The Hall–Kier alpha value is -2.40. The number of rotatable bonds is 62. The predicted octanol–water partition coefficient (Wildman–Crippen LogP) is 22.9. The Bertz CT molecular complexity index is 1280. The minimum atomic E-state index is -0.772. The normalized spacial score (nSPS) is 12.5. The average molecular weight is 1050 g/mol. The van der Waals surface area contributed by atoms with Gasteiger partial charge >= 0.3 is 11.9 Å². The van der Waals surface area contributed by atoms with Gasteiger partial charge in [0.05, 0.1) is 6.61 Å². The third-order valence-corrected chi connectivity index (χ3v) is 15.1. The standard InChI is InChI=1S/C70H128O5/c1-3-5-7-9-11-13-15-17-19-21-23-25-27-29-31-33-34-35-36-37-39-41-43-45-47-49-51-53-55-57-59-61-63-65-70(73)75-68(66-71)67-74-69(72)64-62-60-58-56-54-52-50-48-46-44-42-40-38-32-30-28-26-24-22-20-18-16-14-12-10-8-6-4-2/h5,7,11,13,17,19,23,25,29,31,68,71H,3-4,6,8-10,12,14-16,18,20-22,24,26-28,30,32-67H2,1-2H3/b7-5-,13-11-,19-17-,25-23-,31-29-. The summed E-state index contributed by atoms with van der Waals surface area (Å²) in [6, 6.07) is 0. The van der Waals surface area contributed by atoms with E-state index in [1.54, 1.807) is 0 Å². The molecule has 0 amide bonds. The van der Waals surface area contributed by atoms with Gasteiger partial charge in [0, 0.05) is 12.8 Å². The summed E-state index contributed by atoms with van der Waals surface area (Å²) in [5, 5.41) is 9.69. The Morgan fingerprint density at radius 2 is 0.573 bits per heavy atom. The summed E-state index contributed by atoms with van der Waals surface area (Å²) in [4.78, 5) is 24.6. The topological polar surface area (TPSA) is 72.8 Å². The molecule has 5 heteroatoms. The van der Waals surface area contributed by atoms with Gasteiger partial charge < -0.3 is 14.6 Å². The van der Waals surface area contributed by atoms with Crippen molar-refractivity contribution in [1.29, 1.82) is 0 Å². The van der Waals surface area contributed by atoms with Gasteiger partial charge in [-0.3, -0.25) is 9.59 Å². The van der Waals surface area contributed by atoms with Crippen molar-refractivity contribution in [2.75, 3.05) is 13.2 Å². The molecule has 438 valence electrons. The van der Waals surface area contributed by atoms with Gasteiger partial charge in [-0.1, -0.05) is 344 Å². The molecule has 1 unspecified atom stereocenters. The van der Waals surface area contributed by atoms with E-state index in [2.05, 4.69) is 74.6 Å². The molecule has 0 rings (SSSR count). The van der Waals surface area contributed by atoms with Crippen LogP contribution in [0.15, 0.2) is 60.8 Å². The molecule has 0 aliphatic heterocycles. The highest BCUT2D eigenvalue weighted by Crippen LogP contribution is 2.18. The van der Waals surface area contributed by atoms with Gasteiger partial charge in [0.2, 0.25) is 0 Å². The predicted molar refractivity (Wildman–Crippen MR) is 330 cm³/mol. The third-order valence-electron chi connectivity index (χ3n) is 15.1. The first-order valence-electron chi connectivity index (χ1n) is 33.3. The first kappa shape index (κ1) is 72.6. The lowest BCUT2D eigenvalue weighted by Crippen LogP contribution is -2.28. The van der Waals surface area contributed by atoms with Crippen LogP contribution in [0, 0.1) is 0 Å². The van der Waals surface area contributed by atoms with E-state index in [0.29, 0.717) is 12.8 Å². The van der Waals surface area contributed by atoms with Crippen LogP contribution in [0.1, 0.15) is 354 Å². The maximum Gasteiger partial charge on any atom is 0.306 e. The molecule has 5 nitrogen and oxygen atoms in total. The number of hydrogen-bond donors (Lipinski definition) is 1. The summed E-state index contributed by atoms with van der Waals surface area (Å²) in [5.74, 6) is -0.570. The maximum atomic E-state index is 12.4. The van der Waals surface area contributed by atoms with Crippen molar-refractivity contribution in [3.63, 3.8) is 0 Å². The number of allylic oxidation sites excluding steroid dienone is 10. The summed E-state index contributed by atoms with van der Waals surface area (Å²) < 4.78 is 10.8. The average Bonchev–Trinajstić information content (AvgIpc) is 3.41. The molecular weight excluding hydrogens is 921 g/mol. The summed E-state index contributed by atoms with van der Waals surface area (Å²) in [6.07, 6.45) is 89.6. The van der Waals surface area contributed by atoms with E-state index >= 15 is 0 Å². The molecule has 1 atom stereocenters. The number of aliphatic hydroxyl groups is 1. The van der Waals surface area contributed by atoms with Gasteiger partial charge in [0.1, 0.15) is 6.61 Å². The number of carbonyl (C=O) groups excluding carboxylic acids is 2. The molecule has 0 spiro atoms. The molecule has 0 aliphatic carbocycles. The fraction of sp³-hybridized carbons (Fsp3) is 0.829. The third kappa shape index (κ3) is 64.0. The van der Waals surface area contributed by atoms with E-state index in [9.17, 15) is 14.7 Å². The fourth-order valence-electron chi connectivity index (χ4n) is 10.1. The first-order chi connectivity index (χ1) is 37.1. The number of unbranched alkanes of at least 4 members (excludes halogenated alkanes) is 44. The van der Waals surface area contributed by atoms with Crippen LogP contribution in [0.25, 0.3) is 0 Å². The van der Waals surface area contributed by atoms with Gasteiger partial charge in [0.15, 0.2) is 6.10 Å². The van der Waals surface area contributed by atoms with Crippen LogP contribution in [-0.2, 0) is 19.1 Å². The summed E-state index contributed by atoms with van der Waals surface area (Å²) in [6.45, 7) is 4.08. The quantitative estimate of drug-likeness (QED) is 0.0373. The van der Waals surface area contributed by atoms with Gasteiger partial charge in [-0.15, -0.1) is 0 Å². The SMILES string of the molecule is CC/C=C\C/C=C\C/C=C\C/C=C\C/C=C\CCCCCCCCCCCCCCCCCCCC(=O)OC(CO)COC(=O)CCCCCCCCCCCCCCCCCCCCCCCCCCCCCC. The second-order valence-electron chi connectivity index (χ2n) is 22.5. The summed E-state index contributed by atoms with van der Waals surface area (Å²) in [5.41, 5.74) is 0. The molecule has 0 radical (unpaired) electrons. The van der Waals surface area contributed by atoms with E-state index in [1.807, 2.05) is 0 Å². The lowest BCUT2D eigenvalue weighted by Gasteiger charge is -2.15. The number of ether oxygens (including phenoxy) is 2. The zero-order valence-corrected chi connectivity index (χ0v) is 50.3. The second kappa shape index (κ2) is 65.9. The van der Waals surface area contributed by atoms with Crippen molar-refractivity contribution in [1.82, 2.24) is 0 Å². The van der Waals surface area contributed by atoms with Crippen molar-refractivity contribution in [3.05, 3.63) is 60.8 Å². The first-order valence-corrected chi connectivity index (χ1v) is 33.3. The highest BCUT2D eigenvalue weighted by Gasteiger charge is 2.16. The zero-order chi connectivity index (χ0) is 54.1. The monoisotopic (exact) mass is 1050 g/mol. The Balaban J connectivity index is 3.41. The number of hydrogen-bond acceptors (Lipinski definition) is 5. The van der Waals surface area contributed by atoms with Gasteiger partial charge in [-0.2, -0.15) is 0 Å². The molecule has 0 aromatic carbocycles. The summed E-state index contributed by atoms with van der Waals surface area (Å²) >= 11 is 0. The van der Waals surface area contributed by atoms with Crippen LogP contribution >= 0.6 is 0 Å². The highest BCUT2D eigenvalue weighted by atomic mass is 16.6. The summed E-state index contributed by atoms with van der Waals surface area (Å²) in [7, 11) is 0. The van der Waals surface area contributed by atoms with Crippen LogP contribution in [0.4, 0.5) is 0 Å². The lowest BCUT2D eigenvalue weighted by molar-refractivity contribution is -0.161. The van der Waals surface area contributed by atoms with Crippen LogP contribution in [0.5, 0.6) is 0 Å². The zero-order valence-electron chi connectivity index (χ0n) is 50.3. The Morgan fingerprint density at radius 3 is 0.867 bits per heavy atom. The van der Waals surface area contributed by atoms with E-state index in [1.165, 1.54) is 263 Å². The van der Waals surface area contributed by atoms with Crippen molar-refractivity contribution >= 4 is 11.9 Å². The molecule has 0 saturated heterocycles. The van der Waals surface area contributed by atoms with Crippen molar-refractivity contribution in [2.45, 2.75) is 360 Å². The molecule has 0 fully saturated rings. The molecule has 0 aromatic heterocycles.